The van der Waals surface area contributed by atoms with Crippen LogP contribution in [0.25, 0.3) is 0 Å². The van der Waals surface area contributed by atoms with Gasteiger partial charge in [0.15, 0.2) is 0 Å². The first kappa shape index (κ1) is 16.2. The third kappa shape index (κ3) is 10.1. The molecule has 3 amide bonds. The number of nitrogens with one attached hydrogen (secondary N) is 2. The zero-order valence-corrected chi connectivity index (χ0v) is 11.1. The third-order valence-corrected chi connectivity index (χ3v) is 3.15. The zero-order chi connectivity index (χ0) is 13.1. The Hall–Kier alpha value is -0.790. The van der Waals surface area contributed by atoms with Gasteiger partial charge >= 0.3 is 6.03 Å². The Balaban J connectivity index is 3.60. The van der Waals surface area contributed by atoms with Crippen LogP contribution in [-0.4, -0.2) is 49.7 Å². The average molecular weight is 263 g/mol. The largest absolute Gasteiger partial charge is 0.383 e. The number of ether oxygens (including phenoxy) is 1. The number of carbonyl (C=O) groups is 2. The Morgan fingerprint density at radius 1 is 1.47 bits per heavy atom. The lowest BCUT2D eigenvalue weighted by molar-refractivity contribution is -0.117. The van der Waals surface area contributed by atoms with Gasteiger partial charge < -0.3 is 15.8 Å². The van der Waals surface area contributed by atoms with Gasteiger partial charge in [0.2, 0.25) is 5.91 Å². The summed E-state index contributed by atoms with van der Waals surface area (Å²) in [5, 5.41) is 5.06. The molecule has 0 rings (SSSR count). The van der Waals surface area contributed by atoms with Gasteiger partial charge in [-0.25, -0.2) is 4.79 Å². The Bertz CT molecular complexity index is 239. The highest BCUT2D eigenvalue weighted by atomic mass is 32.2. The highest BCUT2D eigenvalue weighted by Crippen LogP contribution is 2.12. The van der Waals surface area contributed by atoms with Crippen LogP contribution in [0.4, 0.5) is 4.79 Å². The molecule has 4 N–H and O–H groups in total. The second-order valence-electron chi connectivity index (χ2n) is 3.50. The predicted molar refractivity (Wildman–Crippen MR) is 69.0 cm³/mol. The van der Waals surface area contributed by atoms with E-state index in [2.05, 4.69) is 10.6 Å². The molecular weight excluding hydrogens is 242 g/mol. The number of urea groups is 1. The first-order chi connectivity index (χ1) is 8.10. The van der Waals surface area contributed by atoms with E-state index in [-0.39, 0.29) is 11.7 Å². The summed E-state index contributed by atoms with van der Waals surface area (Å²) in [6.45, 7) is 3.41. The number of hydrogen-bond acceptors (Lipinski definition) is 5. The van der Waals surface area contributed by atoms with Gasteiger partial charge in [0.25, 0.3) is 0 Å². The Morgan fingerprint density at radius 3 is 2.76 bits per heavy atom. The molecule has 0 aromatic heterocycles. The van der Waals surface area contributed by atoms with E-state index in [4.69, 9.17) is 10.5 Å². The van der Waals surface area contributed by atoms with Crippen molar-refractivity contribution in [2.75, 3.05) is 32.6 Å². The van der Waals surface area contributed by atoms with Crippen molar-refractivity contribution in [1.82, 2.24) is 10.6 Å². The lowest BCUT2D eigenvalue weighted by atomic mass is 10.3. The average Bonchev–Trinajstić information content (AvgIpc) is 2.27. The van der Waals surface area contributed by atoms with Crippen LogP contribution in [0.5, 0.6) is 0 Å². The number of imide groups is 1. The quantitative estimate of drug-likeness (QED) is 0.533. The molecule has 0 aromatic rings. The maximum Gasteiger partial charge on any atom is 0.321 e. The van der Waals surface area contributed by atoms with Crippen LogP contribution >= 0.6 is 11.8 Å². The summed E-state index contributed by atoms with van der Waals surface area (Å²) in [6, 6.07) is -0.487. The Labute approximate surface area is 106 Å². The highest BCUT2D eigenvalue weighted by Gasteiger charge is 2.09. The molecule has 7 heteroatoms. The third-order valence-electron chi connectivity index (χ3n) is 1.92. The van der Waals surface area contributed by atoms with Crippen LogP contribution in [-0.2, 0) is 9.53 Å². The molecule has 0 fully saturated rings. The molecule has 0 heterocycles. The Kier molecular flexibility index (Phi) is 9.89. The molecule has 17 heavy (non-hydrogen) atoms. The lowest BCUT2D eigenvalue weighted by Gasteiger charge is -2.09. The molecular formula is C10H21N3O3S. The van der Waals surface area contributed by atoms with Crippen molar-refractivity contribution < 1.29 is 14.3 Å². The van der Waals surface area contributed by atoms with E-state index in [9.17, 15) is 9.59 Å². The molecule has 0 saturated heterocycles. The van der Waals surface area contributed by atoms with Gasteiger partial charge in [-0.3, -0.25) is 10.1 Å². The fraction of sp³-hybridized carbons (Fsp3) is 0.800. The molecule has 0 saturated carbocycles. The van der Waals surface area contributed by atoms with Gasteiger partial charge in [0, 0.05) is 18.9 Å². The molecule has 1 unspecified atom stereocenters. The summed E-state index contributed by atoms with van der Waals surface area (Å²) in [4.78, 5) is 22.5. The maximum absolute atomic E-state index is 11.3. The van der Waals surface area contributed by atoms with Crippen LogP contribution in [0.15, 0.2) is 0 Å². The minimum Gasteiger partial charge on any atom is -0.383 e. The minimum absolute atomic E-state index is 0.263. The fourth-order valence-corrected chi connectivity index (χ4v) is 1.82. The van der Waals surface area contributed by atoms with E-state index >= 15 is 0 Å². The van der Waals surface area contributed by atoms with Crippen LogP contribution in [0.3, 0.4) is 0 Å². The zero-order valence-electron chi connectivity index (χ0n) is 10.3. The van der Waals surface area contributed by atoms with Crippen molar-refractivity contribution in [3.63, 3.8) is 0 Å². The van der Waals surface area contributed by atoms with Gasteiger partial charge in [-0.15, -0.1) is 11.8 Å². The van der Waals surface area contributed by atoms with E-state index in [0.29, 0.717) is 24.9 Å². The maximum atomic E-state index is 11.3. The van der Waals surface area contributed by atoms with Gasteiger partial charge in [-0.2, -0.15) is 0 Å². The van der Waals surface area contributed by atoms with Gasteiger partial charge in [-0.05, 0) is 13.0 Å². The van der Waals surface area contributed by atoms with Crippen LogP contribution in [0, 0.1) is 0 Å². The second-order valence-corrected chi connectivity index (χ2v) is 4.92. The molecule has 0 aliphatic rings. The Morgan fingerprint density at radius 2 is 2.18 bits per heavy atom. The number of nitrogens with two attached hydrogens (primary N) is 1. The van der Waals surface area contributed by atoms with Crippen molar-refractivity contribution in [3.05, 3.63) is 0 Å². The summed E-state index contributed by atoms with van der Waals surface area (Å²) in [6.07, 6.45) is 0.859. The fourth-order valence-electron chi connectivity index (χ4n) is 1.01. The summed E-state index contributed by atoms with van der Waals surface area (Å²) < 4.78 is 4.76. The van der Waals surface area contributed by atoms with Crippen molar-refractivity contribution in [2.24, 2.45) is 5.73 Å². The minimum atomic E-state index is -0.487. The van der Waals surface area contributed by atoms with Gasteiger partial charge in [0.05, 0.1) is 12.4 Å². The molecule has 6 nitrogen and oxygen atoms in total. The van der Waals surface area contributed by atoms with E-state index in [1.54, 1.807) is 7.11 Å². The van der Waals surface area contributed by atoms with E-state index in [0.717, 1.165) is 6.42 Å². The number of thioether (sulfide) groups is 1. The summed E-state index contributed by atoms with van der Waals surface area (Å²) in [7, 11) is 1.54. The molecule has 0 spiro atoms. The molecule has 0 aromatic carbocycles. The topological polar surface area (TPSA) is 93.5 Å². The van der Waals surface area contributed by atoms with Gasteiger partial charge in [-0.1, -0.05) is 6.92 Å². The monoisotopic (exact) mass is 263 g/mol. The normalized spacial score (nSPS) is 11.9. The van der Waals surface area contributed by atoms with Gasteiger partial charge in [0.1, 0.15) is 0 Å². The van der Waals surface area contributed by atoms with Crippen LogP contribution in [0.1, 0.15) is 13.3 Å². The molecule has 0 aliphatic heterocycles. The molecule has 0 aliphatic carbocycles. The molecule has 0 bridgehead atoms. The molecule has 0 radical (unpaired) electrons. The van der Waals surface area contributed by atoms with Crippen molar-refractivity contribution in [3.8, 4) is 0 Å². The van der Waals surface area contributed by atoms with E-state index < -0.39 is 6.03 Å². The van der Waals surface area contributed by atoms with Crippen molar-refractivity contribution >= 4 is 23.7 Å². The number of rotatable bonds is 8. The number of hydrogen-bond donors (Lipinski definition) is 3. The summed E-state index contributed by atoms with van der Waals surface area (Å²) in [5.74, 6) is -0.0347. The van der Waals surface area contributed by atoms with Crippen LogP contribution in [0.2, 0.25) is 0 Å². The van der Waals surface area contributed by atoms with E-state index in [1.165, 1.54) is 11.8 Å². The summed E-state index contributed by atoms with van der Waals surface area (Å²) in [5.41, 5.74) is 5.39. The lowest BCUT2D eigenvalue weighted by Crippen LogP contribution is -2.41. The van der Waals surface area contributed by atoms with Crippen molar-refractivity contribution in [1.29, 1.82) is 0 Å². The van der Waals surface area contributed by atoms with Crippen molar-refractivity contribution in [2.45, 2.75) is 18.6 Å². The van der Waals surface area contributed by atoms with E-state index in [1.807, 2.05) is 6.92 Å². The molecule has 100 valence electrons. The molecule has 1 atom stereocenters. The number of carbonyl (C=O) groups excluding carboxylic acids is 2. The number of methoxy groups -OCH3 is 1. The summed E-state index contributed by atoms with van der Waals surface area (Å²) >= 11 is 1.48. The first-order valence-electron chi connectivity index (χ1n) is 5.48. The SMILES string of the molecule is COCCNC(=O)NC(=O)CSC(C)CCN. The van der Waals surface area contributed by atoms with Crippen LogP contribution < -0.4 is 16.4 Å². The number of amides is 3. The highest BCUT2D eigenvalue weighted by molar-refractivity contribution is 8.00. The first-order valence-corrected chi connectivity index (χ1v) is 6.53. The smallest absolute Gasteiger partial charge is 0.321 e. The standard InChI is InChI=1S/C10H21N3O3S/c1-8(3-4-11)17-7-9(14)13-10(15)12-5-6-16-2/h8H,3-7,11H2,1-2H3,(H2,12,13,14,15). The second kappa shape index (κ2) is 10.4. The predicted octanol–water partition coefficient (Wildman–Crippen LogP) is -0.0709.